The molecule has 1 aromatic rings. The molecule has 0 heterocycles. The second-order valence-corrected chi connectivity index (χ2v) is 5.16. The Morgan fingerprint density at radius 1 is 1.28 bits per heavy atom. The number of hydrogen-bond donors (Lipinski definition) is 1. The van der Waals surface area contributed by atoms with Crippen molar-refractivity contribution in [3.63, 3.8) is 0 Å². The third-order valence-corrected chi connectivity index (χ3v) is 3.35. The number of amides is 1. The summed E-state index contributed by atoms with van der Waals surface area (Å²) in [6.07, 6.45) is 0. The zero-order chi connectivity index (χ0) is 13.5. The number of rotatable bonds is 6. The molecule has 0 bridgehead atoms. The summed E-state index contributed by atoms with van der Waals surface area (Å²) in [5, 5.41) is 8.77. The Morgan fingerprint density at radius 3 is 2.39 bits per heavy atom. The minimum Gasteiger partial charge on any atom is -0.480 e. The number of carbonyl (C=O) groups excluding carboxylic acids is 1. The van der Waals surface area contributed by atoms with Gasteiger partial charge >= 0.3 is 5.97 Å². The molecule has 0 saturated carbocycles. The lowest BCUT2D eigenvalue weighted by Gasteiger charge is -2.24. The van der Waals surface area contributed by atoms with Crippen LogP contribution in [0.3, 0.4) is 0 Å². The van der Waals surface area contributed by atoms with Crippen molar-refractivity contribution in [1.29, 1.82) is 0 Å². The Bertz CT molecular complexity index is 406. The first-order valence-electron chi connectivity index (χ1n) is 5.70. The third-order valence-electron chi connectivity index (χ3n) is 2.35. The van der Waals surface area contributed by atoms with E-state index in [1.165, 1.54) is 16.7 Å². The first-order chi connectivity index (χ1) is 8.50. The van der Waals surface area contributed by atoms with Crippen molar-refractivity contribution in [1.82, 2.24) is 4.90 Å². The van der Waals surface area contributed by atoms with Crippen LogP contribution in [0, 0.1) is 0 Å². The average Bonchev–Trinajstić information content (AvgIpc) is 2.34. The molecule has 0 aliphatic carbocycles. The van der Waals surface area contributed by atoms with Crippen molar-refractivity contribution in [2.24, 2.45) is 0 Å². The number of hydrogen-bond acceptors (Lipinski definition) is 3. The van der Waals surface area contributed by atoms with Crippen LogP contribution in [0.5, 0.6) is 0 Å². The van der Waals surface area contributed by atoms with E-state index in [0.29, 0.717) is 0 Å². The molecule has 1 amide bonds. The number of nitrogens with zero attached hydrogens (tertiary/aromatic N) is 1. The number of benzene rings is 1. The molecule has 5 heteroatoms. The van der Waals surface area contributed by atoms with Gasteiger partial charge in [-0.25, -0.2) is 0 Å². The predicted octanol–water partition coefficient (Wildman–Crippen LogP) is 2.10. The topological polar surface area (TPSA) is 57.6 Å². The van der Waals surface area contributed by atoms with Gasteiger partial charge in [0.15, 0.2) is 0 Å². The highest BCUT2D eigenvalue weighted by atomic mass is 32.2. The van der Waals surface area contributed by atoms with E-state index in [1.54, 1.807) is 0 Å². The van der Waals surface area contributed by atoms with Crippen LogP contribution in [0.2, 0.25) is 0 Å². The Balaban J connectivity index is 2.54. The predicted molar refractivity (Wildman–Crippen MR) is 71.7 cm³/mol. The van der Waals surface area contributed by atoms with Crippen molar-refractivity contribution in [3.05, 3.63) is 30.3 Å². The van der Waals surface area contributed by atoms with Crippen molar-refractivity contribution in [2.75, 3.05) is 12.3 Å². The van der Waals surface area contributed by atoms with Crippen LogP contribution in [-0.4, -0.2) is 40.2 Å². The number of aliphatic carboxylic acids is 1. The highest BCUT2D eigenvalue weighted by Crippen LogP contribution is 2.17. The van der Waals surface area contributed by atoms with Crippen molar-refractivity contribution in [3.8, 4) is 0 Å². The van der Waals surface area contributed by atoms with Crippen LogP contribution < -0.4 is 0 Å². The van der Waals surface area contributed by atoms with Gasteiger partial charge in [0.05, 0.1) is 5.75 Å². The fraction of sp³-hybridized carbons (Fsp3) is 0.385. The van der Waals surface area contributed by atoms with Gasteiger partial charge in [-0.2, -0.15) is 0 Å². The van der Waals surface area contributed by atoms with Gasteiger partial charge in [0, 0.05) is 10.9 Å². The quantitative estimate of drug-likeness (QED) is 0.802. The van der Waals surface area contributed by atoms with Gasteiger partial charge in [0.2, 0.25) is 5.91 Å². The van der Waals surface area contributed by atoms with Gasteiger partial charge in [-0.15, -0.1) is 11.8 Å². The number of carboxylic acids is 1. The second-order valence-electron chi connectivity index (χ2n) is 4.11. The van der Waals surface area contributed by atoms with Crippen LogP contribution in [0.4, 0.5) is 0 Å². The maximum atomic E-state index is 11.9. The molecule has 0 spiro atoms. The van der Waals surface area contributed by atoms with E-state index in [2.05, 4.69) is 0 Å². The van der Waals surface area contributed by atoms with E-state index >= 15 is 0 Å². The molecule has 0 unspecified atom stereocenters. The van der Waals surface area contributed by atoms with Crippen LogP contribution in [0.15, 0.2) is 35.2 Å². The van der Waals surface area contributed by atoms with Crippen LogP contribution >= 0.6 is 11.8 Å². The van der Waals surface area contributed by atoms with Crippen molar-refractivity contribution >= 4 is 23.6 Å². The van der Waals surface area contributed by atoms with Gasteiger partial charge in [0.1, 0.15) is 6.54 Å². The largest absolute Gasteiger partial charge is 0.480 e. The molecule has 1 aromatic carbocycles. The average molecular weight is 267 g/mol. The summed E-state index contributed by atoms with van der Waals surface area (Å²) in [4.78, 5) is 25.0. The molecule has 0 aromatic heterocycles. The zero-order valence-electron chi connectivity index (χ0n) is 10.5. The molecule has 0 fully saturated rings. The number of carbonyl (C=O) groups is 2. The van der Waals surface area contributed by atoms with Crippen molar-refractivity contribution < 1.29 is 14.7 Å². The molecule has 0 aliphatic rings. The van der Waals surface area contributed by atoms with Gasteiger partial charge < -0.3 is 10.0 Å². The smallest absolute Gasteiger partial charge is 0.323 e. The lowest BCUT2D eigenvalue weighted by Crippen LogP contribution is -2.41. The standard InChI is InChI=1S/C13H17NO3S/c1-10(2)14(8-13(16)17)12(15)9-18-11-6-4-3-5-7-11/h3-7,10H,8-9H2,1-2H3,(H,16,17). The zero-order valence-corrected chi connectivity index (χ0v) is 11.3. The molecular weight excluding hydrogens is 250 g/mol. The van der Waals surface area contributed by atoms with Gasteiger partial charge in [-0.05, 0) is 26.0 Å². The molecule has 1 rings (SSSR count). The summed E-state index contributed by atoms with van der Waals surface area (Å²) in [5.74, 6) is -0.877. The Morgan fingerprint density at radius 2 is 1.89 bits per heavy atom. The SMILES string of the molecule is CC(C)N(CC(=O)O)C(=O)CSc1ccccc1. The summed E-state index contributed by atoms with van der Waals surface area (Å²) in [6.45, 7) is 3.38. The molecule has 1 N–H and O–H groups in total. The lowest BCUT2D eigenvalue weighted by molar-refractivity contribution is -0.144. The Hall–Kier alpha value is -1.49. The fourth-order valence-corrected chi connectivity index (χ4v) is 2.25. The highest BCUT2D eigenvalue weighted by Gasteiger charge is 2.19. The first kappa shape index (κ1) is 14.6. The van der Waals surface area contributed by atoms with Gasteiger partial charge in [0.25, 0.3) is 0 Å². The number of thioether (sulfide) groups is 1. The maximum Gasteiger partial charge on any atom is 0.323 e. The minimum absolute atomic E-state index is 0.107. The molecule has 0 radical (unpaired) electrons. The lowest BCUT2D eigenvalue weighted by atomic mass is 10.3. The summed E-state index contributed by atoms with van der Waals surface area (Å²) in [7, 11) is 0. The molecule has 4 nitrogen and oxygen atoms in total. The summed E-state index contributed by atoms with van der Waals surface area (Å²) in [5.41, 5.74) is 0. The van der Waals surface area contributed by atoms with Crippen molar-refractivity contribution in [2.45, 2.75) is 24.8 Å². The molecule has 18 heavy (non-hydrogen) atoms. The monoisotopic (exact) mass is 267 g/mol. The van der Waals surface area contributed by atoms with E-state index < -0.39 is 5.97 Å². The summed E-state index contributed by atoms with van der Waals surface area (Å²) < 4.78 is 0. The number of carboxylic acid groups (broad SMARTS) is 1. The third kappa shape index (κ3) is 4.79. The van der Waals surface area contributed by atoms with Gasteiger partial charge in [-0.1, -0.05) is 18.2 Å². The molecular formula is C13H17NO3S. The van der Waals surface area contributed by atoms with E-state index in [0.717, 1.165) is 4.90 Å². The summed E-state index contributed by atoms with van der Waals surface area (Å²) >= 11 is 1.42. The molecule has 0 aliphatic heterocycles. The van der Waals surface area contributed by atoms with Gasteiger partial charge in [-0.3, -0.25) is 9.59 Å². The van der Waals surface area contributed by atoms with E-state index in [4.69, 9.17) is 5.11 Å². The Labute approximate surface area is 111 Å². The van der Waals surface area contributed by atoms with Crippen LogP contribution in [0.25, 0.3) is 0 Å². The molecule has 0 atom stereocenters. The second kappa shape index (κ2) is 7.06. The Kier molecular flexibility index (Phi) is 5.71. The molecule has 98 valence electrons. The normalized spacial score (nSPS) is 10.4. The van der Waals surface area contributed by atoms with E-state index in [-0.39, 0.29) is 24.2 Å². The summed E-state index contributed by atoms with van der Waals surface area (Å²) in [6, 6.07) is 9.47. The van der Waals surface area contributed by atoms with E-state index in [1.807, 2.05) is 44.2 Å². The minimum atomic E-state index is -0.984. The fourth-order valence-electron chi connectivity index (χ4n) is 1.45. The maximum absolute atomic E-state index is 11.9. The van der Waals surface area contributed by atoms with E-state index in [9.17, 15) is 9.59 Å². The van der Waals surface area contributed by atoms with Crippen LogP contribution in [-0.2, 0) is 9.59 Å². The van der Waals surface area contributed by atoms with Crippen LogP contribution in [0.1, 0.15) is 13.8 Å². The first-order valence-corrected chi connectivity index (χ1v) is 6.68. The highest BCUT2D eigenvalue weighted by molar-refractivity contribution is 8.00. The molecule has 0 saturated heterocycles.